The summed E-state index contributed by atoms with van der Waals surface area (Å²) >= 11 is 0. The van der Waals surface area contributed by atoms with Gasteiger partial charge in [-0.3, -0.25) is 14.7 Å². The second-order valence-corrected chi connectivity index (χ2v) is 6.94. The quantitative estimate of drug-likeness (QED) is 0.739. The van der Waals surface area contributed by atoms with Crippen molar-refractivity contribution < 1.29 is 14.3 Å². The lowest BCUT2D eigenvalue weighted by Crippen LogP contribution is -2.29. The van der Waals surface area contributed by atoms with Crippen molar-refractivity contribution in [3.8, 4) is 17.1 Å². The molecule has 1 saturated heterocycles. The number of nitrogens with zero attached hydrogens (tertiary/aromatic N) is 2. The van der Waals surface area contributed by atoms with Gasteiger partial charge < -0.3 is 14.8 Å². The minimum atomic E-state index is -0.203. The van der Waals surface area contributed by atoms with Gasteiger partial charge in [-0.25, -0.2) is 0 Å². The topological polar surface area (TPSA) is 78.6 Å². The number of nitrogens with one attached hydrogen (secondary N) is 1. The van der Waals surface area contributed by atoms with Crippen molar-refractivity contribution in [3.05, 3.63) is 47.8 Å². The molecule has 4 rings (SSSR count). The number of aromatic hydroxyl groups is 1. The first-order valence-electron chi connectivity index (χ1n) is 9.30. The van der Waals surface area contributed by atoms with Gasteiger partial charge in [0.15, 0.2) is 0 Å². The van der Waals surface area contributed by atoms with Crippen LogP contribution in [0.3, 0.4) is 0 Å². The van der Waals surface area contributed by atoms with Gasteiger partial charge in [-0.05, 0) is 49.7 Å². The van der Waals surface area contributed by atoms with E-state index in [0.717, 1.165) is 29.6 Å². The van der Waals surface area contributed by atoms with E-state index in [1.807, 2.05) is 12.1 Å². The van der Waals surface area contributed by atoms with Crippen LogP contribution in [0.1, 0.15) is 35.2 Å². The fourth-order valence-electron chi connectivity index (χ4n) is 3.83. The van der Waals surface area contributed by atoms with E-state index in [9.17, 15) is 9.90 Å². The largest absolute Gasteiger partial charge is 0.508 e. The Balaban J connectivity index is 1.90. The highest BCUT2D eigenvalue weighted by atomic mass is 16.3. The van der Waals surface area contributed by atoms with Crippen molar-refractivity contribution in [2.75, 3.05) is 20.1 Å². The molecule has 6 nitrogen and oxygen atoms in total. The van der Waals surface area contributed by atoms with E-state index in [-0.39, 0.29) is 11.7 Å². The van der Waals surface area contributed by atoms with E-state index in [0.29, 0.717) is 23.5 Å². The van der Waals surface area contributed by atoms with Gasteiger partial charge in [-0.15, -0.1) is 0 Å². The molecule has 1 aliphatic heterocycles. The maximum absolute atomic E-state index is 12.7. The smallest absolute Gasteiger partial charge is 0.255 e. The minimum Gasteiger partial charge on any atom is -0.508 e. The van der Waals surface area contributed by atoms with Crippen LogP contribution in [-0.4, -0.2) is 41.0 Å². The van der Waals surface area contributed by atoms with Gasteiger partial charge in [0.05, 0.1) is 5.56 Å². The Morgan fingerprint density at radius 1 is 1.22 bits per heavy atom. The molecule has 1 fully saturated rings. The molecule has 1 aliphatic rings. The van der Waals surface area contributed by atoms with Gasteiger partial charge >= 0.3 is 0 Å². The number of hydrogen-bond acceptors (Lipinski definition) is 5. The SMILES string of the molecule is CNC(=O)c1c(-c2ccncc2)oc2cc(O)cc(CN3CCCCC3)c12. The van der Waals surface area contributed by atoms with E-state index < -0.39 is 0 Å². The molecule has 140 valence electrons. The molecule has 1 amide bonds. The third-order valence-electron chi connectivity index (χ3n) is 5.10. The minimum absolute atomic E-state index is 0.146. The van der Waals surface area contributed by atoms with Gasteiger partial charge in [0.1, 0.15) is 17.1 Å². The molecule has 0 radical (unpaired) electrons. The molecule has 0 bridgehead atoms. The van der Waals surface area contributed by atoms with Crippen molar-refractivity contribution in [3.63, 3.8) is 0 Å². The second-order valence-electron chi connectivity index (χ2n) is 6.94. The lowest BCUT2D eigenvalue weighted by Gasteiger charge is -2.26. The third kappa shape index (κ3) is 3.40. The average molecular weight is 365 g/mol. The summed E-state index contributed by atoms with van der Waals surface area (Å²) in [5, 5.41) is 13.7. The first kappa shape index (κ1) is 17.5. The van der Waals surface area contributed by atoms with Crippen LogP contribution in [0.15, 0.2) is 41.1 Å². The maximum Gasteiger partial charge on any atom is 0.255 e. The molecule has 2 N–H and O–H groups in total. The van der Waals surface area contributed by atoms with Crippen LogP contribution in [0, 0.1) is 0 Å². The number of rotatable bonds is 4. The molecular formula is C21H23N3O3. The summed E-state index contributed by atoms with van der Waals surface area (Å²) in [5.74, 6) is 0.441. The lowest BCUT2D eigenvalue weighted by molar-refractivity contribution is 0.0964. The highest BCUT2D eigenvalue weighted by molar-refractivity contribution is 6.12. The van der Waals surface area contributed by atoms with Crippen LogP contribution in [-0.2, 0) is 6.54 Å². The van der Waals surface area contributed by atoms with Gasteiger partial charge in [0, 0.05) is 43.0 Å². The zero-order chi connectivity index (χ0) is 18.8. The Bertz CT molecular complexity index is 960. The van der Waals surface area contributed by atoms with Gasteiger partial charge in [-0.1, -0.05) is 6.42 Å². The summed E-state index contributed by atoms with van der Waals surface area (Å²) in [6, 6.07) is 6.95. The molecule has 6 heteroatoms. The summed E-state index contributed by atoms with van der Waals surface area (Å²) in [7, 11) is 1.61. The lowest BCUT2D eigenvalue weighted by atomic mass is 10.00. The molecule has 1 aromatic carbocycles. The third-order valence-corrected chi connectivity index (χ3v) is 5.10. The predicted octanol–water partition coefficient (Wildman–Crippen LogP) is 3.55. The molecule has 27 heavy (non-hydrogen) atoms. The Morgan fingerprint density at radius 3 is 2.67 bits per heavy atom. The molecule has 0 saturated carbocycles. The number of carbonyl (C=O) groups excluding carboxylic acids is 1. The van der Waals surface area contributed by atoms with E-state index in [1.165, 1.54) is 19.3 Å². The number of phenols is 1. The standard InChI is InChI=1S/C21H23N3O3/c1-22-21(26)19-18-15(13-24-9-3-2-4-10-24)11-16(25)12-17(18)27-20(19)14-5-7-23-8-6-14/h5-8,11-12,25H,2-4,9-10,13H2,1H3,(H,22,26). The molecule has 0 atom stereocenters. The first-order valence-corrected chi connectivity index (χ1v) is 9.30. The highest BCUT2D eigenvalue weighted by Crippen LogP contribution is 2.38. The van der Waals surface area contributed by atoms with Crippen LogP contribution in [0.4, 0.5) is 0 Å². The van der Waals surface area contributed by atoms with Gasteiger partial charge in [0.2, 0.25) is 0 Å². The molecule has 3 heterocycles. The van der Waals surface area contributed by atoms with Crippen molar-refractivity contribution in [2.45, 2.75) is 25.8 Å². The summed E-state index contributed by atoms with van der Waals surface area (Å²) in [6.45, 7) is 2.74. The number of furan rings is 1. The number of carbonyl (C=O) groups is 1. The summed E-state index contributed by atoms with van der Waals surface area (Å²) < 4.78 is 6.05. The van der Waals surface area contributed by atoms with Crippen molar-refractivity contribution in [2.24, 2.45) is 0 Å². The zero-order valence-corrected chi connectivity index (χ0v) is 15.4. The normalized spacial score (nSPS) is 15.1. The number of likely N-dealkylation sites (tertiary alicyclic amines) is 1. The predicted molar refractivity (Wildman–Crippen MR) is 104 cm³/mol. The fraction of sp³-hybridized carbons (Fsp3) is 0.333. The van der Waals surface area contributed by atoms with Crippen molar-refractivity contribution >= 4 is 16.9 Å². The number of phenolic OH excluding ortho intramolecular Hbond substituents is 1. The van der Waals surface area contributed by atoms with Crippen LogP contribution in [0.25, 0.3) is 22.3 Å². The van der Waals surface area contributed by atoms with Crippen LogP contribution >= 0.6 is 0 Å². The van der Waals surface area contributed by atoms with Crippen LogP contribution in [0.2, 0.25) is 0 Å². The van der Waals surface area contributed by atoms with Crippen LogP contribution in [0.5, 0.6) is 5.75 Å². The first-order chi connectivity index (χ1) is 13.2. The number of piperidine rings is 1. The molecule has 0 aliphatic carbocycles. The Kier molecular flexibility index (Phi) is 4.81. The van der Waals surface area contributed by atoms with Crippen LogP contribution < -0.4 is 5.32 Å². The van der Waals surface area contributed by atoms with Crippen molar-refractivity contribution in [1.82, 2.24) is 15.2 Å². The maximum atomic E-state index is 12.7. The number of amides is 1. The number of hydrogen-bond donors (Lipinski definition) is 2. The Labute approximate surface area is 157 Å². The number of pyridine rings is 1. The monoisotopic (exact) mass is 365 g/mol. The summed E-state index contributed by atoms with van der Waals surface area (Å²) in [4.78, 5) is 19.2. The average Bonchev–Trinajstić information content (AvgIpc) is 3.08. The molecule has 0 spiro atoms. The zero-order valence-electron chi connectivity index (χ0n) is 15.4. The number of aromatic nitrogens is 1. The molecule has 3 aromatic rings. The summed E-state index contributed by atoms with van der Waals surface area (Å²) in [5.41, 5.74) is 2.72. The van der Waals surface area contributed by atoms with E-state index in [2.05, 4.69) is 15.2 Å². The Hall–Kier alpha value is -2.86. The van der Waals surface area contributed by atoms with E-state index >= 15 is 0 Å². The number of fused-ring (bicyclic) bond motifs is 1. The number of benzene rings is 1. The molecule has 2 aromatic heterocycles. The molecule has 0 unspecified atom stereocenters. The fourth-order valence-corrected chi connectivity index (χ4v) is 3.83. The molecular weight excluding hydrogens is 342 g/mol. The summed E-state index contributed by atoms with van der Waals surface area (Å²) in [6.07, 6.45) is 6.95. The highest BCUT2D eigenvalue weighted by Gasteiger charge is 2.25. The Morgan fingerprint density at radius 2 is 1.96 bits per heavy atom. The van der Waals surface area contributed by atoms with Gasteiger partial charge in [-0.2, -0.15) is 0 Å². The van der Waals surface area contributed by atoms with E-state index in [4.69, 9.17) is 4.42 Å². The van der Waals surface area contributed by atoms with Crippen molar-refractivity contribution in [1.29, 1.82) is 0 Å². The van der Waals surface area contributed by atoms with E-state index in [1.54, 1.807) is 31.6 Å². The van der Waals surface area contributed by atoms with Gasteiger partial charge in [0.25, 0.3) is 5.91 Å². The second kappa shape index (κ2) is 7.40.